The van der Waals surface area contributed by atoms with Gasteiger partial charge in [0.25, 0.3) is 0 Å². The van der Waals surface area contributed by atoms with Crippen molar-refractivity contribution in [3.05, 3.63) is 32.7 Å². The van der Waals surface area contributed by atoms with Gasteiger partial charge in [-0.2, -0.15) is 0 Å². The van der Waals surface area contributed by atoms with Gasteiger partial charge >= 0.3 is 0 Å². The van der Waals surface area contributed by atoms with Gasteiger partial charge in [-0.15, -0.1) is 27.8 Å². The van der Waals surface area contributed by atoms with Crippen molar-refractivity contribution in [3.63, 3.8) is 0 Å². The van der Waals surface area contributed by atoms with Crippen LogP contribution in [0.2, 0.25) is 0 Å². The van der Waals surface area contributed by atoms with Crippen molar-refractivity contribution >= 4 is 53.8 Å². The molecule has 0 saturated heterocycles. The molecule has 0 bridgehead atoms. The molecule has 0 unspecified atom stereocenters. The average Bonchev–Trinajstić information content (AvgIpc) is 2.92. The van der Waals surface area contributed by atoms with Gasteiger partial charge in [0.1, 0.15) is 5.69 Å². The van der Waals surface area contributed by atoms with Crippen molar-refractivity contribution < 1.29 is 4.79 Å². The molecule has 0 radical (unpaired) electrons. The highest BCUT2D eigenvalue weighted by atomic mass is 79.9. The van der Waals surface area contributed by atoms with Crippen molar-refractivity contribution in [2.75, 3.05) is 0 Å². The van der Waals surface area contributed by atoms with E-state index in [4.69, 9.17) is 0 Å². The third-order valence-electron chi connectivity index (χ3n) is 2.36. The molecule has 0 aromatic carbocycles. The van der Waals surface area contributed by atoms with E-state index < -0.39 is 0 Å². The largest absolute Gasteiger partial charge is 0.286 e. The lowest BCUT2D eigenvalue weighted by atomic mass is 10.2. The molecule has 0 atom stereocenters. The van der Waals surface area contributed by atoms with Crippen molar-refractivity contribution in [2.24, 2.45) is 7.05 Å². The Balaban J connectivity index is 2.11. The SMILES string of the molecule is Cn1nnc(Br)c1C(=O)c1cc2sccc2s1. The standard InChI is InChI=1S/C10H6BrN3OS2/c1-14-8(10(11)12-13-14)9(15)7-4-6-5(17-7)2-3-16-6/h2-4H,1H3. The van der Waals surface area contributed by atoms with Crippen LogP contribution in [0.4, 0.5) is 0 Å². The van der Waals surface area contributed by atoms with Crippen LogP contribution in [0.15, 0.2) is 22.1 Å². The molecule has 4 nitrogen and oxygen atoms in total. The second-order valence-electron chi connectivity index (χ2n) is 3.44. The van der Waals surface area contributed by atoms with Gasteiger partial charge in [-0.25, -0.2) is 4.68 Å². The lowest BCUT2D eigenvalue weighted by molar-refractivity contribution is 0.103. The first-order valence-corrected chi connectivity index (χ1v) is 7.22. The lowest BCUT2D eigenvalue weighted by Crippen LogP contribution is -2.07. The molecular formula is C10H6BrN3OS2. The molecule has 3 heterocycles. The highest BCUT2D eigenvalue weighted by Gasteiger charge is 2.20. The summed E-state index contributed by atoms with van der Waals surface area (Å²) in [5.41, 5.74) is 0.485. The number of fused-ring (bicyclic) bond motifs is 1. The third-order valence-corrected chi connectivity index (χ3v) is 4.99. The van der Waals surface area contributed by atoms with Gasteiger partial charge in [-0.1, -0.05) is 5.21 Å². The number of hydrogen-bond acceptors (Lipinski definition) is 5. The number of carbonyl (C=O) groups excluding carboxylic acids is 1. The molecule has 7 heteroatoms. The van der Waals surface area contributed by atoms with Gasteiger partial charge < -0.3 is 0 Å². The summed E-state index contributed by atoms with van der Waals surface area (Å²) in [7, 11) is 1.71. The van der Waals surface area contributed by atoms with E-state index in [1.807, 2.05) is 17.5 Å². The summed E-state index contributed by atoms with van der Waals surface area (Å²) in [4.78, 5) is 13.0. The van der Waals surface area contributed by atoms with E-state index >= 15 is 0 Å². The molecule has 0 amide bonds. The maximum absolute atomic E-state index is 12.3. The highest BCUT2D eigenvalue weighted by Crippen LogP contribution is 2.31. The van der Waals surface area contributed by atoms with Gasteiger partial charge in [0.2, 0.25) is 5.78 Å². The zero-order valence-corrected chi connectivity index (χ0v) is 11.9. The molecule has 0 aliphatic heterocycles. The van der Waals surface area contributed by atoms with Crippen LogP contribution >= 0.6 is 38.6 Å². The van der Waals surface area contributed by atoms with E-state index in [9.17, 15) is 4.79 Å². The molecule has 3 aromatic heterocycles. The molecule has 0 aliphatic carbocycles. The van der Waals surface area contributed by atoms with Gasteiger partial charge in [0, 0.05) is 16.4 Å². The fraction of sp³-hybridized carbons (Fsp3) is 0.100. The number of aromatic nitrogens is 3. The van der Waals surface area contributed by atoms with Crippen LogP contribution in [-0.4, -0.2) is 20.8 Å². The Bertz CT molecular complexity index is 664. The number of ketones is 1. The number of halogens is 1. The van der Waals surface area contributed by atoms with Crippen molar-refractivity contribution in [3.8, 4) is 0 Å². The first-order valence-electron chi connectivity index (χ1n) is 4.73. The Morgan fingerprint density at radius 1 is 1.47 bits per heavy atom. The molecule has 86 valence electrons. The number of nitrogens with zero attached hydrogens (tertiary/aromatic N) is 3. The van der Waals surface area contributed by atoms with Crippen LogP contribution in [0.25, 0.3) is 9.40 Å². The first-order chi connectivity index (χ1) is 8.16. The minimum Gasteiger partial charge on any atom is -0.286 e. The molecule has 0 spiro atoms. The Kier molecular flexibility index (Phi) is 2.61. The monoisotopic (exact) mass is 327 g/mol. The van der Waals surface area contributed by atoms with Gasteiger partial charge in [0.15, 0.2) is 4.60 Å². The van der Waals surface area contributed by atoms with Crippen LogP contribution in [0.5, 0.6) is 0 Å². The smallest absolute Gasteiger partial charge is 0.223 e. The van der Waals surface area contributed by atoms with E-state index in [1.54, 1.807) is 18.4 Å². The van der Waals surface area contributed by atoms with E-state index in [0.29, 0.717) is 10.3 Å². The van der Waals surface area contributed by atoms with E-state index in [0.717, 1.165) is 14.3 Å². The number of thiophene rings is 2. The Morgan fingerprint density at radius 3 is 2.94 bits per heavy atom. The van der Waals surface area contributed by atoms with Crippen molar-refractivity contribution in [1.29, 1.82) is 0 Å². The number of aryl methyl sites for hydroxylation is 1. The van der Waals surface area contributed by atoms with Crippen LogP contribution < -0.4 is 0 Å². The summed E-state index contributed by atoms with van der Waals surface area (Å²) >= 11 is 6.38. The van der Waals surface area contributed by atoms with Crippen molar-refractivity contribution in [2.45, 2.75) is 0 Å². The Morgan fingerprint density at radius 2 is 2.29 bits per heavy atom. The zero-order chi connectivity index (χ0) is 12.0. The summed E-state index contributed by atoms with van der Waals surface area (Å²) in [6.07, 6.45) is 0. The predicted octanol–water partition coefficient (Wildman–Crippen LogP) is 3.08. The Hall–Kier alpha value is -1.05. The predicted molar refractivity (Wildman–Crippen MR) is 71.8 cm³/mol. The molecular weight excluding hydrogens is 322 g/mol. The van der Waals surface area contributed by atoms with E-state index in [-0.39, 0.29) is 5.78 Å². The van der Waals surface area contributed by atoms with E-state index in [2.05, 4.69) is 26.2 Å². The normalized spacial score (nSPS) is 11.2. The van der Waals surface area contributed by atoms with Crippen LogP contribution in [-0.2, 0) is 7.05 Å². The quantitative estimate of drug-likeness (QED) is 0.679. The second kappa shape index (κ2) is 4.01. The molecule has 0 fully saturated rings. The number of carbonyl (C=O) groups is 1. The summed E-state index contributed by atoms with van der Waals surface area (Å²) in [5, 5.41) is 9.66. The van der Waals surface area contributed by atoms with Gasteiger partial charge in [-0.3, -0.25) is 4.79 Å². The highest BCUT2D eigenvalue weighted by molar-refractivity contribution is 9.10. The molecule has 3 aromatic rings. The fourth-order valence-electron chi connectivity index (χ4n) is 1.57. The molecule has 3 rings (SSSR count). The first kappa shape index (κ1) is 11.1. The topological polar surface area (TPSA) is 47.8 Å². The van der Waals surface area contributed by atoms with Crippen molar-refractivity contribution in [1.82, 2.24) is 15.0 Å². The third kappa shape index (κ3) is 1.74. The minimum absolute atomic E-state index is 0.0437. The molecule has 17 heavy (non-hydrogen) atoms. The molecule has 0 N–H and O–H groups in total. The maximum atomic E-state index is 12.3. The van der Waals surface area contributed by atoms with Gasteiger partial charge in [0.05, 0.1) is 4.88 Å². The molecule has 0 saturated carbocycles. The molecule has 0 aliphatic rings. The van der Waals surface area contributed by atoms with Gasteiger partial charge in [-0.05, 0) is 33.4 Å². The summed E-state index contributed by atoms with van der Waals surface area (Å²) < 4.78 is 4.26. The fourth-order valence-corrected chi connectivity index (χ4v) is 4.12. The summed E-state index contributed by atoms with van der Waals surface area (Å²) in [5.74, 6) is -0.0437. The maximum Gasteiger partial charge on any atom is 0.223 e. The zero-order valence-electron chi connectivity index (χ0n) is 8.68. The summed E-state index contributed by atoms with van der Waals surface area (Å²) in [6, 6.07) is 3.95. The number of hydrogen-bond donors (Lipinski definition) is 0. The minimum atomic E-state index is -0.0437. The van der Waals surface area contributed by atoms with Crippen LogP contribution in [0.1, 0.15) is 15.4 Å². The second-order valence-corrected chi connectivity index (χ2v) is 6.22. The van der Waals surface area contributed by atoms with E-state index in [1.165, 1.54) is 16.0 Å². The summed E-state index contributed by atoms with van der Waals surface area (Å²) in [6.45, 7) is 0. The number of rotatable bonds is 2. The average molecular weight is 328 g/mol. The van der Waals surface area contributed by atoms with Crippen LogP contribution in [0.3, 0.4) is 0 Å². The Labute approximate surface area is 113 Å². The lowest BCUT2D eigenvalue weighted by Gasteiger charge is -1.97. The van der Waals surface area contributed by atoms with Crippen LogP contribution in [0, 0.1) is 0 Å².